The van der Waals surface area contributed by atoms with Crippen LogP contribution in [-0.2, 0) is 9.05 Å². The third-order valence-corrected chi connectivity index (χ3v) is 9.02. The molecule has 0 saturated carbocycles. The summed E-state index contributed by atoms with van der Waals surface area (Å²) in [6.45, 7) is 8.28. The number of nitrogens with one attached hydrogen (secondary N) is 2. The van der Waals surface area contributed by atoms with E-state index in [0.29, 0.717) is 16.9 Å². The van der Waals surface area contributed by atoms with Crippen LogP contribution < -0.4 is 15.7 Å². The van der Waals surface area contributed by atoms with E-state index in [9.17, 15) is 8.42 Å². The van der Waals surface area contributed by atoms with E-state index in [1.807, 2.05) is 54.6 Å². The molecule has 0 atom stereocenters. The maximum absolute atomic E-state index is 12.7. The number of halogens is 1. The van der Waals surface area contributed by atoms with E-state index in [0.717, 1.165) is 61.2 Å². The first-order valence-corrected chi connectivity index (χ1v) is 16.0. The van der Waals surface area contributed by atoms with E-state index in [4.69, 9.17) is 15.1 Å². The molecule has 6 rings (SSSR count). The highest BCUT2D eigenvalue weighted by molar-refractivity contribution is 8.13. The van der Waals surface area contributed by atoms with Gasteiger partial charge in [0.05, 0.1) is 11.0 Å². The minimum absolute atomic E-state index is 0.0518. The van der Waals surface area contributed by atoms with Crippen LogP contribution in [0.25, 0.3) is 33.4 Å². The van der Waals surface area contributed by atoms with Crippen LogP contribution in [0.5, 0.6) is 0 Å². The van der Waals surface area contributed by atoms with Crippen molar-refractivity contribution >= 4 is 47.8 Å². The van der Waals surface area contributed by atoms with Crippen LogP contribution in [0.1, 0.15) is 22.3 Å². The number of benzene rings is 5. The van der Waals surface area contributed by atoms with Crippen LogP contribution in [0.2, 0.25) is 0 Å². The Kier molecular flexibility index (Phi) is 7.13. The molecule has 42 heavy (non-hydrogen) atoms. The van der Waals surface area contributed by atoms with Gasteiger partial charge in [0.1, 0.15) is 11.3 Å². The molecule has 2 N–H and O–H groups in total. The fourth-order valence-corrected chi connectivity index (χ4v) is 6.61. The molecule has 210 valence electrons. The summed E-state index contributed by atoms with van der Waals surface area (Å²) in [6, 6.07) is 31.0. The maximum Gasteiger partial charge on any atom is 0.261 e. The molecule has 0 bridgehead atoms. The van der Waals surface area contributed by atoms with Crippen molar-refractivity contribution in [1.29, 1.82) is 0 Å². The molecule has 0 spiro atoms. The minimum atomic E-state index is -4.02. The lowest BCUT2D eigenvalue weighted by molar-refractivity contribution is -0.403. The van der Waals surface area contributed by atoms with Crippen molar-refractivity contribution in [3.05, 3.63) is 125 Å². The molecule has 1 aliphatic carbocycles. The Bertz CT molecular complexity index is 2110. The summed E-state index contributed by atoms with van der Waals surface area (Å²) in [5.74, 6) is 0.611. The molecule has 4 aromatic rings. The Morgan fingerprint density at radius 3 is 2.07 bits per heavy atom. The highest BCUT2D eigenvalue weighted by Gasteiger charge is 2.24. The molecular formula is C35H30ClN2O3S+. The van der Waals surface area contributed by atoms with Gasteiger partial charge in [0, 0.05) is 67.4 Å². The second-order valence-corrected chi connectivity index (χ2v) is 13.2. The summed E-state index contributed by atoms with van der Waals surface area (Å²) < 4.78 is 31.9. The van der Waals surface area contributed by atoms with Crippen LogP contribution in [0, 0.1) is 27.7 Å². The predicted octanol–water partition coefficient (Wildman–Crippen LogP) is 7.42. The number of hydrogen-bond donors (Lipinski definition) is 2. The van der Waals surface area contributed by atoms with Crippen LogP contribution in [0.15, 0.2) is 106 Å². The summed E-state index contributed by atoms with van der Waals surface area (Å²) in [5, 5.41) is 5.18. The predicted molar refractivity (Wildman–Crippen MR) is 170 cm³/mol. The third-order valence-electron chi connectivity index (χ3n) is 7.64. The van der Waals surface area contributed by atoms with Gasteiger partial charge in [-0.15, -0.1) is 0 Å². The van der Waals surface area contributed by atoms with Gasteiger partial charge in [-0.25, -0.2) is 13.4 Å². The van der Waals surface area contributed by atoms with Crippen molar-refractivity contribution in [3.8, 4) is 22.5 Å². The molecule has 1 heterocycles. The number of hydrogen-bond acceptors (Lipinski definition) is 4. The topological polar surface area (TPSA) is 73.3 Å². The lowest BCUT2D eigenvalue weighted by Crippen LogP contribution is -2.71. The van der Waals surface area contributed by atoms with Crippen molar-refractivity contribution in [3.63, 3.8) is 0 Å². The third kappa shape index (κ3) is 5.20. The Balaban J connectivity index is 1.64. The van der Waals surface area contributed by atoms with E-state index >= 15 is 0 Å². The van der Waals surface area contributed by atoms with Gasteiger partial charge in [-0.05, 0) is 63.1 Å². The molecule has 4 aromatic carbocycles. The highest BCUT2D eigenvalue weighted by Crippen LogP contribution is 2.43. The molecule has 0 unspecified atom stereocenters. The second kappa shape index (κ2) is 10.8. The van der Waals surface area contributed by atoms with E-state index < -0.39 is 9.05 Å². The zero-order valence-corrected chi connectivity index (χ0v) is 25.3. The molecule has 7 heteroatoms. The summed E-state index contributed by atoms with van der Waals surface area (Å²) in [5.41, 5.74) is 10.1. The first-order chi connectivity index (χ1) is 20.1. The molecule has 0 aromatic heterocycles. The van der Waals surface area contributed by atoms with Crippen molar-refractivity contribution in [1.82, 2.24) is 0 Å². The molecule has 2 aliphatic rings. The number of rotatable bonds is 5. The van der Waals surface area contributed by atoms with Crippen LogP contribution in [0.3, 0.4) is 0 Å². The van der Waals surface area contributed by atoms with Crippen LogP contribution >= 0.6 is 10.7 Å². The van der Waals surface area contributed by atoms with Crippen molar-refractivity contribution in [2.75, 3.05) is 5.32 Å². The monoisotopic (exact) mass is 593 g/mol. The Morgan fingerprint density at radius 1 is 0.714 bits per heavy atom. The van der Waals surface area contributed by atoms with Gasteiger partial charge < -0.3 is 9.73 Å². The smallest absolute Gasteiger partial charge is 0.261 e. The number of aryl methyl sites for hydroxylation is 4. The minimum Gasteiger partial charge on any atom is -0.456 e. The summed E-state index contributed by atoms with van der Waals surface area (Å²) in [6.07, 6.45) is 0. The average molecular weight is 594 g/mol. The Morgan fingerprint density at radius 2 is 1.38 bits per heavy atom. The van der Waals surface area contributed by atoms with Gasteiger partial charge >= 0.3 is 0 Å². The number of fused-ring (bicyclic) bond motifs is 2. The van der Waals surface area contributed by atoms with Gasteiger partial charge in [0.25, 0.3) is 9.05 Å². The SMILES string of the molecule is Cc1cccc(C)c1Nc1ccc2c(-c3ccccc3S(=O)(=O)Cl)c3ccc(=[NH+]c4c(C)cccc4C)cc-3oc2c1. The van der Waals surface area contributed by atoms with Gasteiger partial charge in [-0.1, -0.05) is 54.6 Å². The van der Waals surface area contributed by atoms with Gasteiger partial charge in [-0.3, -0.25) is 0 Å². The normalized spacial score (nSPS) is 12.3. The van der Waals surface area contributed by atoms with Gasteiger partial charge in [0.15, 0.2) is 0 Å². The zero-order valence-electron chi connectivity index (χ0n) is 23.7. The van der Waals surface area contributed by atoms with Crippen molar-refractivity contribution in [2.45, 2.75) is 32.6 Å². The fourth-order valence-electron chi connectivity index (χ4n) is 5.53. The molecule has 0 radical (unpaired) electrons. The van der Waals surface area contributed by atoms with Crippen LogP contribution in [-0.4, -0.2) is 8.42 Å². The number of para-hydroxylation sites is 2. The Labute approximate surface area is 249 Å². The summed E-state index contributed by atoms with van der Waals surface area (Å²) >= 11 is 0. The lowest BCUT2D eigenvalue weighted by atomic mass is 9.93. The molecule has 0 fully saturated rings. The van der Waals surface area contributed by atoms with Gasteiger partial charge in [0.2, 0.25) is 11.0 Å². The molecular weight excluding hydrogens is 564 g/mol. The molecule has 0 amide bonds. The van der Waals surface area contributed by atoms with Crippen LogP contribution in [0.4, 0.5) is 17.1 Å². The fraction of sp³-hybridized carbons (Fsp3) is 0.114. The second-order valence-electron chi connectivity index (χ2n) is 10.6. The highest BCUT2D eigenvalue weighted by atomic mass is 35.7. The first kappa shape index (κ1) is 27.8. The van der Waals surface area contributed by atoms with E-state index in [2.05, 4.69) is 62.3 Å². The molecule has 0 saturated heterocycles. The number of anilines is 2. The summed E-state index contributed by atoms with van der Waals surface area (Å²) in [7, 11) is 1.92. The quantitative estimate of drug-likeness (QED) is 0.161. The molecule has 5 nitrogen and oxygen atoms in total. The van der Waals surface area contributed by atoms with Gasteiger partial charge in [-0.2, -0.15) is 0 Å². The maximum atomic E-state index is 12.7. The average Bonchev–Trinajstić information content (AvgIpc) is 2.95. The standard InChI is InChI=1S/C35H29ClN2O3S/c1-21-9-7-10-22(2)34(21)37-25-15-17-27-30(19-25)41-31-20-26(38-35-23(3)11-8-12-24(35)4)16-18-28(31)33(27)29-13-5-6-14-32(29)42(36,39)40/h5-20,37H,1-4H3/p+1. The lowest BCUT2D eigenvalue weighted by Gasteiger charge is -2.18. The molecule has 1 aliphatic heterocycles. The van der Waals surface area contributed by atoms with E-state index in [-0.39, 0.29) is 4.90 Å². The van der Waals surface area contributed by atoms with Crippen molar-refractivity contribution < 1.29 is 17.8 Å². The zero-order chi connectivity index (χ0) is 29.6. The largest absolute Gasteiger partial charge is 0.456 e. The summed E-state index contributed by atoms with van der Waals surface area (Å²) in [4.78, 5) is 3.59. The van der Waals surface area contributed by atoms with E-state index in [1.165, 1.54) is 6.07 Å². The Hall–Kier alpha value is -4.39. The first-order valence-electron chi connectivity index (χ1n) is 13.6. The van der Waals surface area contributed by atoms with Crippen molar-refractivity contribution in [2.24, 2.45) is 0 Å². The van der Waals surface area contributed by atoms with E-state index in [1.54, 1.807) is 12.1 Å².